The molecule has 2 N–H and O–H groups in total. The van der Waals surface area contributed by atoms with Gasteiger partial charge >= 0.3 is 6.03 Å². The highest BCUT2D eigenvalue weighted by molar-refractivity contribution is 5.89. The van der Waals surface area contributed by atoms with E-state index in [9.17, 15) is 4.79 Å². The number of likely N-dealkylation sites (N-methyl/N-ethyl adjacent to an activating group) is 1. The van der Waals surface area contributed by atoms with Crippen LogP contribution in [0.5, 0.6) is 5.75 Å². The summed E-state index contributed by atoms with van der Waals surface area (Å²) in [6, 6.07) is 7.73. The first-order valence-electron chi connectivity index (χ1n) is 7.74. The second-order valence-electron chi connectivity index (χ2n) is 5.22. The lowest BCUT2D eigenvalue weighted by Gasteiger charge is -2.22. The van der Waals surface area contributed by atoms with Crippen molar-refractivity contribution in [2.45, 2.75) is 32.7 Å². The highest BCUT2D eigenvalue weighted by Gasteiger charge is 2.22. The summed E-state index contributed by atoms with van der Waals surface area (Å²) in [5, 5.41) is 5.80. The van der Waals surface area contributed by atoms with E-state index < -0.39 is 0 Å². The molecule has 0 spiro atoms. The first kappa shape index (κ1) is 15.6. The number of benzene rings is 1. The number of carbonyl (C=O) groups excluding carboxylic acids is 1. The van der Waals surface area contributed by atoms with Crippen LogP contribution < -0.4 is 15.4 Å². The van der Waals surface area contributed by atoms with Crippen molar-refractivity contribution in [3.63, 3.8) is 0 Å². The summed E-state index contributed by atoms with van der Waals surface area (Å²) in [5.41, 5.74) is 0.773. The zero-order valence-electron chi connectivity index (χ0n) is 12.9. The van der Waals surface area contributed by atoms with Crippen molar-refractivity contribution in [2.75, 3.05) is 31.6 Å². The average Bonchev–Trinajstić information content (AvgIpc) is 2.95. The lowest BCUT2D eigenvalue weighted by Crippen LogP contribution is -2.41. The molecule has 1 saturated heterocycles. The molecule has 1 unspecified atom stereocenters. The Morgan fingerprint density at radius 2 is 2.10 bits per heavy atom. The Morgan fingerprint density at radius 1 is 1.33 bits per heavy atom. The SMILES string of the molecule is CCOc1ccc(NC(=O)NCC2CCCN2CC)cc1. The summed E-state index contributed by atoms with van der Waals surface area (Å²) in [5.74, 6) is 0.813. The molecule has 2 rings (SSSR count). The molecule has 0 aromatic heterocycles. The van der Waals surface area contributed by atoms with Crippen LogP contribution in [0, 0.1) is 0 Å². The summed E-state index contributed by atoms with van der Waals surface area (Å²) in [7, 11) is 0. The summed E-state index contributed by atoms with van der Waals surface area (Å²) >= 11 is 0. The highest BCUT2D eigenvalue weighted by atomic mass is 16.5. The number of anilines is 1. The number of amides is 2. The van der Waals surface area contributed by atoms with Gasteiger partial charge in [-0.3, -0.25) is 4.90 Å². The lowest BCUT2D eigenvalue weighted by atomic mass is 10.2. The van der Waals surface area contributed by atoms with Crippen LogP contribution in [-0.2, 0) is 0 Å². The van der Waals surface area contributed by atoms with Crippen LogP contribution in [0.1, 0.15) is 26.7 Å². The molecule has 0 aliphatic carbocycles. The molecule has 5 nitrogen and oxygen atoms in total. The Balaban J connectivity index is 1.76. The van der Waals surface area contributed by atoms with Crippen LogP contribution in [0.3, 0.4) is 0 Å². The quantitative estimate of drug-likeness (QED) is 0.847. The number of nitrogens with zero attached hydrogens (tertiary/aromatic N) is 1. The van der Waals surface area contributed by atoms with Crippen molar-refractivity contribution >= 4 is 11.7 Å². The first-order valence-corrected chi connectivity index (χ1v) is 7.74. The van der Waals surface area contributed by atoms with Gasteiger partial charge in [0, 0.05) is 18.3 Å². The van der Waals surface area contributed by atoms with Crippen LogP contribution in [0.15, 0.2) is 24.3 Å². The molecule has 1 fully saturated rings. The van der Waals surface area contributed by atoms with Crippen molar-refractivity contribution in [1.82, 2.24) is 10.2 Å². The number of carbonyl (C=O) groups is 1. The predicted octanol–water partition coefficient (Wildman–Crippen LogP) is 2.69. The number of urea groups is 1. The van der Waals surface area contributed by atoms with Gasteiger partial charge in [0.15, 0.2) is 0 Å². The Bertz CT molecular complexity index is 447. The molecule has 21 heavy (non-hydrogen) atoms. The summed E-state index contributed by atoms with van der Waals surface area (Å²) in [4.78, 5) is 14.3. The molecule has 1 atom stereocenters. The van der Waals surface area contributed by atoms with Gasteiger partial charge in [0.1, 0.15) is 5.75 Å². The first-order chi connectivity index (χ1) is 10.2. The summed E-state index contributed by atoms with van der Waals surface area (Å²) in [6.45, 7) is 7.65. The van der Waals surface area contributed by atoms with Gasteiger partial charge in [0.05, 0.1) is 6.61 Å². The van der Waals surface area contributed by atoms with Gasteiger partial charge in [0.25, 0.3) is 0 Å². The molecule has 116 valence electrons. The van der Waals surface area contributed by atoms with Gasteiger partial charge in [-0.15, -0.1) is 0 Å². The Kier molecular flexibility index (Phi) is 5.87. The monoisotopic (exact) mass is 291 g/mol. The van der Waals surface area contributed by atoms with E-state index in [2.05, 4.69) is 22.5 Å². The fourth-order valence-corrected chi connectivity index (χ4v) is 2.73. The Labute approximate surface area is 126 Å². The van der Waals surface area contributed by atoms with Crippen LogP contribution in [0.4, 0.5) is 10.5 Å². The second kappa shape index (κ2) is 7.88. The summed E-state index contributed by atoms with van der Waals surface area (Å²) in [6.07, 6.45) is 2.39. The van der Waals surface area contributed by atoms with Gasteiger partial charge in [-0.1, -0.05) is 6.92 Å². The zero-order chi connectivity index (χ0) is 15.1. The van der Waals surface area contributed by atoms with Gasteiger partial charge in [-0.25, -0.2) is 4.79 Å². The number of hydrogen-bond acceptors (Lipinski definition) is 3. The number of likely N-dealkylation sites (tertiary alicyclic amines) is 1. The fourth-order valence-electron chi connectivity index (χ4n) is 2.73. The van der Waals surface area contributed by atoms with E-state index in [1.54, 1.807) is 0 Å². The maximum absolute atomic E-state index is 11.9. The predicted molar refractivity (Wildman–Crippen MR) is 84.9 cm³/mol. The Morgan fingerprint density at radius 3 is 2.76 bits per heavy atom. The Hall–Kier alpha value is -1.75. The standard InChI is InChI=1S/C16H25N3O2/c1-3-19-11-5-6-14(19)12-17-16(20)18-13-7-9-15(10-8-13)21-4-2/h7-10,14H,3-6,11-12H2,1-2H3,(H2,17,18,20). The smallest absolute Gasteiger partial charge is 0.319 e. The van der Waals surface area contributed by atoms with Crippen molar-refractivity contribution in [3.8, 4) is 5.75 Å². The fraction of sp³-hybridized carbons (Fsp3) is 0.562. The van der Waals surface area contributed by atoms with Gasteiger partial charge in [-0.05, 0) is 57.1 Å². The van der Waals surface area contributed by atoms with Crippen LogP contribution in [0.25, 0.3) is 0 Å². The van der Waals surface area contributed by atoms with Crippen LogP contribution in [0.2, 0.25) is 0 Å². The average molecular weight is 291 g/mol. The number of ether oxygens (including phenoxy) is 1. The molecule has 1 aliphatic heterocycles. The zero-order valence-corrected chi connectivity index (χ0v) is 12.9. The van der Waals surface area contributed by atoms with E-state index >= 15 is 0 Å². The topological polar surface area (TPSA) is 53.6 Å². The van der Waals surface area contributed by atoms with Crippen molar-refractivity contribution in [3.05, 3.63) is 24.3 Å². The molecule has 0 bridgehead atoms. The number of nitrogens with one attached hydrogen (secondary N) is 2. The molecule has 0 radical (unpaired) electrons. The third-order valence-corrected chi connectivity index (χ3v) is 3.83. The molecule has 5 heteroatoms. The van der Waals surface area contributed by atoms with E-state index in [0.29, 0.717) is 19.2 Å². The normalized spacial score (nSPS) is 18.5. The maximum atomic E-state index is 11.9. The molecular formula is C16H25N3O2. The molecule has 1 aromatic rings. The minimum absolute atomic E-state index is 0.151. The molecule has 0 saturated carbocycles. The second-order valence-corrected chi connectivity index (χ2v) is 5.22. The van der Waals surface area contributed by atoms with Crippen LogP contribution >= 0.6 is 0 Å². The lowest BCUT2D eigenvalue weighted by molar-refractivity contribution is 0.238. The third kappa shape index (κ3) is 4.63. The van der Waals surface area contributed by atoms with E-state index in [1.807, 2.05) is 31.2 Å². The van der Waals surface area contributed by atoms with Gasteiger partial charge in [-0.2, -0.15) is 0 Å². The van der Waals surface area contributed by atoms with Crippen LogP contribution in [-0.4, -0.2) is 43.2 Å². The van der Waals surface area contributed by atoms with E-state index in [1.165, 1.54) is 6.42 Å². The maximum Gasteiger partial charge on any atom is 0.319 e. The molecule has 1 aliphatic rings. The van der Waals surface area contributed by atoms with Crippen molar-refractivity contribution in [2.24, 2.45) is 0 Å². The summed E-state index contributed by atoms with van der Waals surface area (Å²) < 4.78 is 5.37. The van der Waals surface area contributed by atoms with Crippen molar-refractivity contribution < 1.29 is 9.53 Å². The molecular weight excluding hydrogens is 266 g/mol. The third-order valence-electron chi connectivity index (χ3n) is 3.83. The van der Waals surface area contributed by atoms with Crippen molar-refractivity contribution in [1.29, 1.82) is 0 Å². The van der Waals surface area contributed by atoms with E-state index in [-0.39, 0.29) is 6.03 Å². The minimum atomic E-state index is -0.151. The molecule has 1 heterocycles. The van der Waals surface area contributed by atoms with Gasteiger partial charge < -0.3 is 15.4 Å². The van der Waals surface area contributed by atoms with E-state index in [0.717, 1.165) is 30.9 Å². The minimum Gasteiger partial charge on any atom is -0.494 e. The molecule has 1 aromatic carbocycles. The largest absolute Gasteiger partial charge is 0.494 e. The number of rotatable bonds is 6. The molecule has 2 amide bonds. The number of hydrogen-bond donors (Lipinski definition) is 2. The van der Waals surface area contributed by atoms with E-state index in [4.69, 9.17) is 4.74 Å². The van der Waals surface area contributed by atoms with Gasteiger partial charge in [0.2, 0.25) is 0 Å². The highest BCUT2D eigenvalue weighted by Crippen LogP contribution is 2.17.